The smallest absolute Gasteiger partial charge is 0.525 e. The molecule has 1 amide bonds. The number of nitrogens with zero attached hydrogens (tertiary/aromatic N) is 1. The number of unbranched alkanes of at least 4 members (excludes halogenated alkanes) is 1. The topological polar surface area (TPSA) is 101 Å². The van der Waals surface area contributed by atoms with Crippen LogP contribution in [0.3, 0.4) is 0 Å². The Kier molecular flexibility index (Phi) is 29.5. The predicted molar refractivity (Wildman–Crippen MR) is 151 cm³/mol. The van der Waals surface area contributed by atoms with Gasteiger partial charge in [-0.05, 0) is 49.6 Å². The molecular formula is C30H43Li2N3O4-4. The molecule has 1 aliphatic heterocycles. The van der Waals surface area contributed by atoms with Gasteiger partial charge in [0.15, 0.2) is 0 Å². The SMILES string of the molecule is [CH2-]CCCc1ccc2c(n1)NCCC2.[CH2-]COc1ccccc1.[CH2-]C[C@@H]([CH2-])C.[CH2-]C[C@H](N[C-]=O)C(=O)O.[Li+].[Li+]. The van der Waals surface area contributed by atoms with E-state index < -0.39 is 12.0 Å². The normalized spacial score (nSPS) is 12.1. The first-order chi connectivity index (χ1) is 17.8. The first kappa shape index (κ1) is 41.6. The van der Waals surface area contributed by atoms with E-state index in [4.69, 9.17) is 9.84 Å². The van der Waals surface area contributed by atoms with Gasteiger partial charge in [0.05, 0.1) is 6.04 Å². The number of anilines is 1. The summed E-state index contributed by atoms with van der Waals surface area (Å²) in [5.74, 6) is 1.42. The molecule has 208 valence electrons. The van der Waals surface area contributed by atoms with Crippen molar-refractivity contribution in [3.8, 4) is 5.75 Å². The molecule has 0 bridgehead atoms. The summed E-state index contributed by atoms with van der Waals surface area (Å²) in [5.41, 5.74) is 2.57. The van der Waals surface area contributed by atoms with Crippen LogP contribution in [0.25, 0.3) is 0 Å². The largest absolute Gasteiger partial charge is 1.00 e. The second-order valence-corrected chi connectivity index (χ2v) is 8.28. The molecule has 0 saturated heterocycles. The summed E-state index contributed by atoms with van der Waals surface area (Å²) < 4.78 is 5.09. The number of hydrogen-bond donors (Lipinski definition) is 3. The van der Waals surface area contributed by atoms with Crippen molar-refractivity contribution in [2.24, 2.45) is 5.92 Å². The molecule has 0 fully saturated rings. The minimum atomic E-state index is -1.09. The van der Waals surface area contributed by atoms with Crippen molar-refractivity contribution < 1.29 is 57.2 Å². The molecule has 7 nitrogen and oxygen atoms in total. The number of aryl methyl sites for hydroxylation is 2. The summed E-state index contributed by atoms with van der Waals surface area (Å²) in [6.07, 6.45) is 7.93. The number of carbonyl (C=O) groups excluding carboxylic acids is 1. The number of hydrogen-bond acceptors (Lipinski definition) is 5. The van der Waals surface area contributed by atoms with E-state index in [1.807, 2.05) is 42.6 Å². The summed E-state index contributed by atoms with van der Waals surface area (Å²) in [4.78, 5) is 24.2. The van der Waals surface area contributed by atoms with E-state index in [2.05, 4.69) is 57.1 Å². The van der Waals surface area contributed by atoms with Crippen molar-refractivity contribution in [3.05, 3.63) is 88.3 Å². The molecule has 3 rings (SSSR count). The predicted octanol–water partition coefficient (Wildman–Crippen LogP) is -0.495. The third-order valence-corrected chi connectivity index (χ3v) is 4.96. The van der Waals surface area contributed by atoms with Gasteiger partial charge in [-0.3, -0.25) is 4.79 Å². The minimum Gasteiger partial charge on any atom is -0.525 e. The number of para-hydroxylation sites is 1. The van der Waals surface area contributed by atoms with Gasteiger partial charge >= 0.3 is 43.7 Å². The van der Waals surface area contributed by atoms with Crippen molar-refractivity contribution in [2.75, 3.05) is 18.5 Å². The summed E-state index contributed by atoms with van der Waals surface area (Å²) >= 11 is 0. The molecular weight excluding hydrogens is 480 g/mol. The number of benzene rings is 1. The Morgan fingerprint density at radius 1 is 1.13 bits per heavy atom. The van der Waals surface area contributed by atoms with Crippen molar-refractivity contribution in [1.29, 1.82) is 0 Å². The van der Waals surface area contributed by atoms with Crippen LogP contribution in [0, 0.1) is 40.5 Å². The number of aromatic nitrogens is 1. The minimum absolute atomic E-state index is 0. The van der Waals surface area contributed by atoms with Crippen LogP contribution in [0.5, 0.6) is 5.75 Å². The van der Waals surface area contributed by atoms with E-state index in [9.17, 15) is 9.59 Å². The molecule has 2 atom stereocenters. The Hall–Kier alpha value is -1.90. The van der Waals surface area contributed by atoms with Gasteiger partial charge in [0.2, 0.25) is 0 Å². The van der Waals surface area contributed by atoms with E-state index in [1.54, 1.807) is 0 Å². The number of fused-ring (bicyclic) bond motifs is 1. The number of amides is 1. The van der Waals surface area contributed by atoms with Crippen molar-refractivity contribution in [2.45, 2.75) is 57.9 Å². The van der Waals surface area contributed by atoms with Gasteiger partial charge in [0, 0.05) is 12.2 Å². The van der Waals surface area contributed by atoms with Crippen LogP contribution >= 0.6 is 0 Å². The number of carbonyl (C=O) groups is 1. The molecule has 2 heterocycles. The molecule has 9 heteroatoms. The monoisotopic (exact) mass is 523 g/mol. The van der Waals surface area contributed by atoms with Gasteiger partial charge < -0.3 is 59.9 Å². The van der Waals surface area contributed by atoms with Crippen LogP contribution in [0.15, 0.2) is 42.5 Å². The molecule has 3 N–H and O–H groups in total. The van der Waals surface area contributed by atoms with Crippen LogP contribution < -0.4 is 53.1 Å². The number of rotatable bonds is 10. The second-order valence-electron chi connectivity index (χ2n) is 8.28. The fourth-order valence-electron chi connectivity index (χ4n) is 2.78. The van der Waals surface area contributed by atoms with Gasteiger partial charge in [-0.2, -0.15) is 19.3 Å². The quantitative estimate of drug-likeness (QED) is 0.221. The van der Waals surface area contributed by atoms with Crippen LogP contribution in [0.1, 0.15) is 50.3 Å². The van der Waals surface area contributed by atoms with Crippen LogP contribution in [0.2, 0.25) is 0 Å². The first-order valence-electron chi connectivity index (χ1n) is 12.6. The zero-order valence-electron chi connectivity index (χ0n) is 24.2. The summed E-state index contributed by atoms with van der Waals surface area (Å²) in [6.45, 7) is 21.6. The molecule has 1 aromatic carbocycles. The Labute approximate surface area is 261 Å². The molecule has 39 heavy (non-hydrogen) atoms. The fourth-order valence-corrected chi connectivity index (χ4v) is 2.78. The van der Waals surface area contributed by atoms with Gasteiger partial charge in [-0.1, -0.05) is 37.6 Å². The molecule has 0 aliphatic carbocycles. The summed E-state index contributed by atoms with van der Waals surface area (Å²) in [7, 11) is 0. The average Bonchev–Trinajstić information content (AvgIpc) is 2.92. The van der Waals surface area contributed by atoms with Crippen LogP contribution in [-0.4, -0.2) is 41.7 Å². The average molecular weight is 524 g/mol. The maximum atomic E-state index is 10.0. The molecule has 0 unspecified atom stereocenters. The van der Waals surface area contributed by atoms with Gasteiger partial charge in [0.1, 0.15) is 11.6 Å². The molecule has 0 spiro atoms. The van der Waals surface area contributed by atoms with E-state index in [-0.39, 0.29) is 44.1 Å². The Balaban J connectivity index is -0.000000462. The zero-order chi connectivity index (χ0) is 27.9. The van der Waals surface area contributed by atoms with E-state index in [0.717, 1.165) is 43.8 Å². The molecule has 0 saturated carbocycles. The number of aliphatic carboxylic acids is 1. The van der Waals surface area contributed by atoms with Crippen LogP contribution in [0.4, 0.5) is 5.82 Å². The number of ether oxygens (including phenoxy) is 1. The summed E-state index contributed by atoms with van der Waals surface area (Å²) in [5, 5.41) is 13.5. The molecule has 1 aliphatic rings. The van der Waals surface area contributed by atoms with Gasteiger partial charge in [-0.15, -0.1) is 0 Å². The number of carboxylic acid groups (broad SMARTS) is 1. The maximum absolute atomic E-state index is 10.0. The molecule has 1 aromatic heterocycles. The number of nitrogens with one attached hydrogen (secondary N) is 2. The Morgan fingerprint density at radius 2 is 1.77 bits per heavy atom. The van der Waals surface area contributed by atoms with E-state index >= 15 is 0 Å². The van der Waals surface area contributed by atoms with Gasteiger partial charge in [0.25, 0.3) is 0 Å². The maximum Gasteiger partial charge on any atom is 1.00 e. The molecule has 2 aromatic rings. The van der Waals surface area contributed by atoms with Crippen molar-refractivity contribution >= 4 is 18.2 Å². The number of pyridine rings is 1. The van der Waals surface area contributed by atoms with E-state index in [1.165, 1.54) is 30.5 Å². The standard InChI is InChI=1S/C12H17N2.C8H9O.C5H7NO3.C5H10.2Li/c1-2-3-6-11-8-7-10-5-4-9-13-12(10)14-11;1-2-9-8-6-4-3-5-7-8;1-2-4(5(8)9)6-3-7;1-4-5(2)3;;/h7-8H,1-6,9H2,(H,13,14);3-7H,1-2H2;4H,1-2H2,(H,6,7)(H,8,9);5H,1-2,4H2,3H3;;/q2*-1;2*-2;2*+1/t;;4-;5-;;/m..00../s1. The van der Waals surface area contributed by atoms with E-state index in [0.29, 0.717) is 12.5 Å². The number of carboxylic acids is 1. The van der Waals surface area contributed by atoms with Crippen molar-refractivity contribution in [3.63, 3.8) is 0 Å². The zero-order valence-corrected chi connectivity index (χ0v) is 24.2. The molecule has 0 radical (unpaired) electrons. The van der Waals surface area contributed by atoms with Gasteiger partial charge in [-0.25, -0.2) is 17.3 Å². The third kappa shape index (κ3) is 21.6. The first-order valence-corrected chi connectivity index (χ1v) is 12.6. The van der Waals surface area contributed by atoms with Crippen molar-refractivity contribution in [1.82, 2.24) is 10.3 Å². The summed E-state index contributed by atoms with van der Waals surface area (Å²) in [6, 6.07) is 13.1. The fraction of sp³-hybridized carbons (Fsp3) is 0.400. The van der Waals surface area contributed by atoms with Crippen LogP contribution in [-0.2, 0) is 22.4 Å². The third-order valence-electron chi connectivity index (χ3n) is 4.96. The Morgan fingerprint density at radius 3 is 2.23 bits per heavy atom. The Bertz CT molecular complexity index is 855. The second kappa shape index (κ2) is 27.7.